The van der Waals surface area contributed by atoms with Crippen LogP contribution in [0.25, 0.3) is 0 Å². The monoisotopic (exact) mass is 238 g/mol. The van der Waals surface area contributed by atoms with Gasteiger partial charge in [-0.25, -0.2) is 4.98 Å². The molecule has 0 saturated heterocycles. The summed E-state index contributed by atoms with van der Waals surface area (Å²) in [5.74, 6) is 1.08. The van der Waals surface area contributed by atoms with E-state index in [9.17, 15) is 0 Å². The van der Waals surface area contributed by atoms with E-state index in [1.807, 2.05) is 19.4 Å². The smallest absolute Gasteiger partial charge is 0.122 e. The summed E-state index contributed by atoms with van der Waals surface area (Å²) in [5.41, 5.74) is 6.18. The number of hydrogen-bond donors (Lipinski definition) is 1. The van der Waals surface area contributed by atoms with Crippen LogP contribution in [0, 0.1) is 5.41 Å². The van der Waals surface area contributed by atoms with E-state index in [0.29, 0.717) is 18.0 Å². The maximum atomic E-state index is 5.88. The van der Waals surface area contributed by atoms with Crippen LogP contribution in [0.15, 0.2) is 12.4 Å². The van der Waals surface area contributed by atoms with Crippen molar-refractivity contribution < 1.29 is 0 Å². The van der Waals surface area contributed by atoms with Gasteiger partial charge in [0, 0.05) is 32.0 Å². The van der Waals surface area contributed by atoms with Gasteiger partial charge in [0.2, 0.25) is 0 Å². The number of nitrogens with two attached hydrogens (primary N) is 1. The van der Waals surface area contributed by atoms with Crippen molar-refractivity contribution >= 4 is 0 Å². The second-order valence-electron chi connectivity index (χ2n) is 6.02. The Bertz CT molecular complexity index is 337. The molecule has 4 nitrogen and oxygen atoms in total. The molecule has 0 aliphatic carbocycles. The van der Waals surface area contributed by atoms with E-state index < -0.39 is 0 Å². The van der Waals surface area contributed by atoms with Crippen LogP contribution in [0.1, 0.15) is 33.0 Å². The molecule has 17 heavy (non-hydrogen) atoms. The van der Waals surface area contributed by atoms with E-state index in [1.54, 1.807) is 0 Å². The van der Waals surface area contributed by atoms with Crippen LogP contribution in [0.5, 0.6) is 0 Å². The van der Waals surface area contributed by atoms with Gasteiger partial charge in [0.1, 0.15) is 5.82 Å². The predicted molar refractivity (Wildman–Crippen MR) is 71.6 cm³/mol. The predicted octanol–water partition coefficient (Wildman–Crippen LogP) is 1.62. The normalized spacial score (nSPS) is 14.3. The Balaban J connectivity index is 2.61. The van der Waals surface area contributed by atoms with Crippen LogP contribution in [-0.2, 0) is 13.6 Å². The minimum absolute atomic E-state index is 0.305. The quantitative estimate of drug-likeness (QED) is 0.848. The lowest BCUT2D eigenvalue weighted by Crippen LogP contribution is -2.40. The van der Waals surface area contributed by atoms with Crippen LogP contribution in [0.2, 0.25) is 0 Å². The highest BCUT2D eigenvalue weighted by molar-refractivity contribution is 4.92. The van der Waals surface area contributed by atoms with Crippen molar-refractivity contribution in [3.05, 3.63) is 18.2 Å². The van der Waals surface area contributed by atoms with E-state index >= 15 is 0 Å². The van der Waals surface area contributed by atoms with Gasteiger partial charge < -0.3 is 10.3 Å². The third-order valence-electron chi connectivity index (χ3n) is 3.06. The largest absolute Gasteiger partial charge is 0.337 e. The summed E-state index contributed by atoms with van der Waals surface area (Å²) in [7, 11) is 4.15. The number of hydrogen-bond acceptors (Lipinski definition) is 3. The number of aryl methyl sites for hydroxylation is 1. The molecule has 0 aliphatic heterocycles. The van der Waals surface area contributed by atoms with Crippen molar-refractivity contribution in [3.63, 3.8) is 0 Å². The summed E-state index contributed by atoms with van der Waals surface area (Å²) in [6.07, 6.45) is 4.92. The number of aromatic nitrogens is 2. The van der Waals surface area contributed by atoms with E-state index in [-0.39, 0.29) is 0 Å². The molecule has 1 aromatic heterocycles. The zero-order valence-corrected chi connectivity index (χ0v) is 11.8. The molecule has 0 amide bonds. The Labute approximate surface area is 105 Å². The van der Waals surface area contributed by atoms with Crippen LogP contribution >= 0.6 is 0 Å². The molecule has 98 valence electrons. The third-order valence-corrected chi connectivity index (χ3v) is 3.06. The summed E-state index contributed by atoms with van der Waals surface area (Å²) < 4.78 is 2.06. The Morgan fingerprint density at radius 3 is 2.53 bits per heavy atom. The average Bonchev–Trinajstić information content (AvgIpc) is 2.59. The molecule has 0 fully saturated rings. The van der Waals surface area contributed by atoms with Crippen molar-refractivity contribution in [1.29, 1.82) is 0 Å². The number of nitrogens with zero attached hydrogens (tertiary/aromatic N) is 3. The maximum Gasteiger partial charge on any atom is 0.122 e. The molecule has 4 heteroatoms. The Hall–Kier alpha value is -0.870. The van der Waals surface area contributed by atoms with Gasteiger partial charge in [-0.3, -0.25) is 4.90 Å². The standard InChI is InChI=1S/C13H26N4/c1-13(2,3)8-11(9-14)17(5)10-12-15-6-7-16(12)4/h6-7,11H,8-10,14H2,1-5H3. The molecule has 1 heterocycles. The second-order valence-corrected chi connectivity index (χ2v) is 6.02. The summed E-state index contributed by atoms with van der Waals surface area (Å²) in [5, 5.41) is 0. The van der Waals surface area contributed by atoms with Crippen molar-refractivity contribution in [3.8, 4) is 0 Å². The maximum absolute atomic E-state index is 5.88. The fourth-order valence-corrected chi connectivity index (χ4v) is 2.03. The third kappa shape index (κ3) is 4.48. The molecule has 0 radical (unpaired) electrons. The molecule has 0 spiro atoms. The number of likely N-dealkylation sites (N-methyl/N-ethyl adjacent to an activating group) is 1. The highest BCUT2D eigenvalue weighted by atomic mass is 15.2. The van der Waals surface area contributed by atoms with Gasteiger partial charge in [-0.1, -0.05) is 20.8 Å². The molecule has 1 unspecified atom stereocenters. The first-order valence-electron chi connectivity index (χ1n) is 6.20. The Kier molecular flexibility index (Phi) is 4.71. The lowest BCUT2D eigenvalue weighted by molar-refractivity contribution is 0.173. The van der Waals surface area contributed by atoms with Crippen LogP contribution in [-0.4, -0.2) is 34.1 Å². The van der Waals surface area contributed by atoms with Gasteiger partial charge in [-0.2, -0.15) is 0 Å². The van der Waals surface area contributed by atoms with Gasteiger partial charge in [0.15, 0.2) is 0 Å². The van der Waals surface area contributed by atoms with Gasteiger partial charge in [0.05, 0.1) is 6.54 Å². The van der Waals surface area contributed by atoms with Crippen molar-refractivity contribution in [1.82, 2.24) is 14.5 Å². The summed E-state index contributed by atoms with van der Waals surface area (Å²) in [6.45, 7) is 8.30. The Morgan fingerprint density at radius 1 is 1.47 bits per heavy atom. The molecule has 0 aromatic carbocycles. The average molecular weight is 238 g/mol. The minimum Gasteiger partial charge on any atom is -0.337 e. The number of imidazole rings is 1. The minimum atomic E-state index is 0.305. The summed E-state index contributed by atoms with van der Waals surface area (Å²) in [6, 6.07) is 0.409. The first-order chi connectivity index (χ1) is 7.83. The molecule has 1 rings (SSSR count). The van der Waals surface area contributed by atoms with Crippen LogP contribution in [0.4, 0.5) is 0 Å². The molecule has 2 N–H and O–H groups in total. The zero-order chi connectivity index (χ0) is 13.1. The first kappa shape index (κ1) is 14.2. The summed E-state index contributed by atoms with van der Waals surface area (Å²) in [4.78, 5) is 6.65. The molecule has 0 saturated carbocycles. The van der Waals surface area contributed by atoms with Gasteiger partial charge >= 0.3 is 0 Å². The fourth-order valence-electron chi connectivity index (χ4n) is 2.03. The molecular formula is C13H26N4. The lowest BCUT2D eigenvalue weighted by Gasteiger charge is -2.32. The van der Waals surface area contributed by atoms with Gasteiger partial charge in [-0.05, 0) is 18.9 Å². The second kappa shape index (κ2) is 5.65. The Morgan fingerprint density at radius 2 is 2.12 bits per heavy atom. The van der Waals surface area contributed by atoms with Crippen molar-refractivity contribution in [2.75, 3.05) is 13.6 Å². The van der Waals surface area contributed by atoms with E-state index in [1.165, 1.54) is 0 Å². The highest BCUT2D eigenvalue weighted by Crippen LogP contribution is 2.23. The highest BCUT2D eigenvalue weighted by Gasteiger charge is 2.21. The SMILES string of the molecule is CN(Cc1nccn1C)C(CN)CC(C)(C)C. The van der Waals surface area contributed by atoms with Crippen LogP contribution in [0.3, 0.4) is 0 Å². The van der Waals surface area contributed by atoms with E-state index in [4.69, 9.17) is 5.73 Å². The van der Waals surface area contributed by atoms with Crippen molar-refractivity contribution in [2.24, 2.45) is 18.2 Å². The number of rotatable bonds is 5. The molecular weight excluding hydrogens is 212 g/mol. The molecule has 0 aliphatic rings. The van der Waals surface area contributed by atoms with Crippen LogP contribution < -0.4 is 5.73 Å². The molecule has 1 aromatic rings. The topological polar surface area (TPSA) is 47.1 Å². The van der Waals surface area contributed by atoms with Crippen molar-refractivity contribution in [2.45, 2.75) is 39.8 Å². The van der Waals surface area contributed by atoms with E-state index in [2.05, 4.69) is 42.3 Å². The molecule has 1 atom stereocenters. The van der Waals surface area contributed by atoms with Gasteiger partial charge in [0.25, 0.3) is 0 Å². The fraction of sp³-hybridized carbons (Fsp3) is 0.769. The van der Waals surface area contributed by atoms with E-state index in [0.717, 1.165) is 18.8 Å². The molecule has 0 bridgehead atoms. The summed E-state index contributed by atoms with van der Waals surface area (Å²) >= 11 is 0. The van der Waals surface area contributed by atoms with Gasteiger partial charge in [-0.15, -0.1) is 0 Å². The first-order valence-corrected chi connectivity index (χ1v) is 6.20. The lowest BCUT2D eigenvalue weighted by atomic mass is 9.87. The zero-order valence-electron chi connectivity index (χ0n) is 11.8.